The summed E-state index contributed by atoms with van der Waals surface area (Å²) >= 11 is 0. The molecule has 0 spiro atoms. The summed E-state index contributed by atoms with van der Waals surface area (Å²) in [5.41, 5.74) is 1.65. The van der Waals surface area contributed by atoms with Crippen molar-refractivity contribution in [1.82, 2.24) is 4.90 Å². The normalized spacial score (nSPS) is 16.3. The van der Waals surface area contributed by atoms with E-state index in [9.17, 15) is 4.79 Å². The van der Waals surface area contributed by atoms with Crippen molar-refractivity contribution in [3.63, 3.8) is 0 Å². The van der Waals surface area contributed by atoms with E-state index in [1.165, 1.54) is 11.3 Å². The minimum atomic E-state index is -0.0137. The van der Waals surface area contributed by atoms with Crippen LogP contribution in [0.3, 0.4) is 0 Å². The van der Waals surface area contributed by atoms with Gasteiger partial charge in [0.15, 0.2) is 0 Å². The largest absolute Gasteiger partial charge is 0.324 e. The van der Waals surface area contributed by atoms with Gasteiger partial charge < -0.3 is 4.90 Å². The fourth-order valence-electron chi connectivity index (χ4n) is 2.54. The predicted molar refractivity (Wildman–Crippen MR) is 76.2 cm³/mol. The number of rotatable bonds is 5. The fourth-order valence-corrected chi connectivity index (χ4v) is 2.54. The van der Waals surface area contributed by atoms with Crippen molar-refractivity contribution in [1.29, 1.82) is 10.8 Å². The van der Waals surface area contributed by atoms with E-state index in [4.69, 9.17) is 10.8 Å². The molecule has 0 saturated heterocycles. The van der Waals surface area contributed by atoms with Crippen molar-refractivity contribution >= 4 is 18.5 Å². The molecule has 1 saturated carbocycles. The van der Waals surface area contributed by atoms with E-state index in [-0.39, 0.29) is 5.92 Å². The first-order valence-corrected chi connectivity index (χ1v) is 6.54. The van der Waals surface area contributed by atoms with Gasteiger partial charge in [0.25, 0.3) is 0 Å². The molecule has 1 aliphatic carbocycles. The number of nitrogens with one attached hydrogen (secondary N) is 2. The maximum Gasteiger partial charge on any atom is 0.150 e. The Kier molecular flexibility index (Phi) is 4.10. The quantitative estimate of drug-likeness (QED) is 0.484. The van der Waals surface area contributed by atoms with E-state index in [0.717, 1.165) is 31.0 Å². The third kappa shape index (κ3) is 2.72. The molecule has 0 aromatic heterocycles. The van der Waals surface area contributed by atoms with E-state index in [1.807, 2.05) is 18.2 Å². The van der Waals surface area contributed by atoms with Gasteiger partial charge in [0, 0.05) is 18.5 Å². The Morgan fingerprint density at radius 1 is 1.47 bits per heavy atom. The first-order chi connectivity index (χ1) is 9.17. The van der Waals surface area contributed by atoms with Gasteiger partial charge in [-0.25, -0.2) is 0 Å². The van der Waals surface area contributed by atoms with Crippen LogP contribution < -0.4 is 0 Å². The molecule has 2 rings (SSSR count). The molecule has 0 heterocycles. The molecule has 0 aliphatic heterocycles. The van der Waals surface area contributed by atoms with Gasteiger partial charge in [-0.1, -0.05) is 24.6 Å². The summed E-state index contributed by atoms with van der Waals surface area (Å²) in [7, 11) is 1.73. The fraction of sp³-hybridized carbons (Fsp3) is 0.400. The molecule has 1 aliphatic rings. The van der Waals surface area contributed by atoms with Gasteiger partial charge >= 0.3 is 0 Å². The Hall–Kier alpha value is -1.97. The Morgan fingerprint density at radius 3 is 2.74 bits per heavy atom. The lowest BCUT2D eigenvalue weighted by Crippen LogP contribution is -2.36. The number of benzene rings is 1. The predicted octanol–water partition coefficient (Wildman–Crippen LogP) is 2.90. The van der Waals surface area contributed by atoms with Crippen LogP contribution in [-0.4, -0.2) is 30.4 Å². The maximum atomic E-state index is 10.9. The van der Waals surface area contributed by atoms with Crippen LogP contribution in [0, 0.1) is 16.7 Å². The molecule has 1 aromatic rings. The summed E-state index contributed by atoms with van der Waals surface area (Å²) < 4.78 is 0. The molecule has 19 heavy (non-hydrogen) atoms. The van der Waals surface area contributed by atoms with Gasteiger partial charge in [-0.05, 0) is 30.4 Å². The zero-order chi connectivity index (χ0) is 13.8. The number of aldehydes is 1. The van der Waals surface area contributed by atoms with Crippen LogP contribution in [0.15, 0.2) is 24.3 Å². The number of carbonyl (C=O) groups excluding carboxylic acids is 1. The van der Waals surface area contributed by atoms with E-state index in [0.29, 0.717) is 17.3 Å². The van der Waals surface area contributed by atoms with Crippen LogP contribution in [-0.2, 0) is 0 Å². The van der Waals surface area contributed by atoms with Gasteiger partial charge in [-0.3, -0.25) is 15.6 Å². The summed E-state index contributed by atoms with van der Waals surface area (Å²) in [4.78, 5) is 12.4. The Labute approximate surface area is 113 Å². The second kappa shape index (κ2) is 5.78. The molecular formula is C15H19N3O. The lowest BCUT2D eigenvalue weighted by atomic mass is 9.72. The second-order valence-corrected chi connectivity index (χ2v) is 5.08. The highest BCUT2D eigenvalue weighted by Crippen LogP contribution is 2.40. The molecule has 1 unspecified atom stereocenters. The number of hydrogen-bond acceptors (Lipinski definition) is 3. The Balaban J connectivity index is 2.33. The molecule has 0 radical (unpaired) electrons. The van der Waals surface area contributed by atoms with Gasteiger partial charge in [-0.15, -0.1) is 0 Å². The molecule has 0 amide bonds. The smallest absolute Gasteiger partial charge is 0.150 e. The van der Waals surface area contributed by atoms with Crippen molar-refractivity contribution in [3.05, 3.63) is 35.4 Å². The van der Waals surface area contributed by atoms with Crippen molar-refractivity contribution in [2.75, 3.05) is 7.05 Å². The van der Waals surface area contributed by atoms with Crippen LogP contribution in [0.5, 0.6) is 0 Å². The minimum absolute atomic E-state index is 0.0137. The average Bonchev–Trinajstić information content (AvgIpc) is 2.40. The number of likely N-dealkylation sites (N-methyl/N-ethyl adjacent to an activating group) is 1. The second-order valence-electron chi connectivity index (χ2n) is 5.08. The third-order valence-corrected chi connectivity index (χ3v) is 3.90. The Bertz CT molecular complexity index is 494. The van der Waals surface area contributed by atoms with E-state index < -0.39 is 0 Å². The van der Waals surface area contributed by atoms with Gasteiger partial charge in [0.05, 0.1) is 6.34 Å². The summed E-state index contributed by atoms with van der Waals surface area (Å²) in [6.45, 7) is 0. The highest BCUT2D eigenvalue weighted by atomic mass is 16.1. The zero-order valence-corrected chi connectivity index (χ0v) is 11.1. The van der Waals surface area contributed by atoms with E-state index in [1.54, 1.807) is 13.1 Å². The lowest BCUT2D eigenvalue weighted by molar-refractivity contribution is 0.112. The zero-order valence-electron chi connectivity index (χ0n) is 11.1. The van der Waals surface area contributed by atoms with Crippen molar-refractivity contribution in [3.8, 4) is 0 Å². The topological polar surface area (TPSA) is 68.0 Å². The number of amidine groups is 1. The third-order valence-electron chi connectivity index (χ3n) is 3.90. The first kappa shape index (κ1) is 13.5. The van der Waals surface area contributed by atoms with Crippen molar-refractivity contribution in [2.45, 2.75) is 25.2 Å². The first-order valence-electron chi connectivity index (χ1n) is 6.54. The van der Waals surface area contributed by atoms with E-state index >= 15 is 0 Å². The number of carbonyl (C=O) groups is 1. The van der Waals surface area contributed by atoms with Crippen LogP contribution in [0.1, 0.15) is 41.1 Å². The molecule has 4 heteroatoms. The van der Waals surface area contributed by atoms with Gasteiger partial charge in [0.1, 0.15) is 12.1 Å². The lowest BCUT2D eigenvalue weighted by Gasteiger charge is -2.36. The van der Waals surface area contributed by atoms with Gasteiger partial charge in [0.2, 0.25) is 0 Å². The maximum absolute atomic E-state index is 10.9. The van der Waals surface area contributed by atoms with Crippen LogP contribution in [0.25, 0.3) is 0 Å². The molecule has 1 fully saturated rings. The van der Waals surface area contributed by atoms with Crippen molar-refractivity contribution < 1.29 is 4.79 Å². The molecule has 4 nitrogen and oxygen atoms in total. The van der Waals surface area contributed by atoms with Crippen LogP contribution in [0.2, 0.25) is 0 Å². The summed E-state index contributed by atoms with van der Waals surface area (Å²) in [6, 6.07) is 7.48. The summed E-state index contributed by atoms with van der Waals surface area (Å²) in [6.07, 6.45) is 5.44. The number of nitrogens with zero attached hydrogens (tertiary/aromatic N) is 1. The monoisotopic (exact) mass is 257 g/mol. The van der Waals surface area contributed by atoms with E-state index in [2.05, 4.69) is 0 Å². The highest BCUT2D eigenvalue weighted by molar-refractivity contribution is 5.94. The molecule has 1 atom stereocenters. The molecule has 0 bridgehead atoms. The average molecular weight is 257 g/mol. The van der Waals surface area contributed by atoms with Crippen LogP contribution in [0.4, 0.5) is 0 Å². The standard InChI is InChI=1S/C15H19N3O/c1-18(10-16)15(17)14(12-5-3-6-12)13-7-2-4-11(8-13)9-19/h2,4,7-10,12,14,16-17H,3,5-6H2,1H3. The minimum Gasteiger partial charge on any atom is -0.324 e. The number of hydrogen-bond donors (Lipinski definition) is 2. The molecule has 2 N–H and O–H groups in total. The van der Waals surface area contributed by atoms with Gasteiger partial charge in [-0.2, -0.15) is 0 Å². The molecule has 1 aromatic carbocycles. The SMILES string of the molecule is CN(C=N)C(=N)C(c1cccc(C=O)c1)C1CCC1. The van der Waals surface area contributed by atoms with Crippen molar-refractivity contribution in [2.24, 2.45) is 5.92 Å². The molecular weight excluding hydrogens is 238 g/mol. The highest BCUT2D eigenvalue weighted by Gasteiger charge is 2.32. The Morgan fingerprint density at radius 2 is 2.21 bits per heavy atom. The summed E-state index contributed by atoms with van der Waals surface area (Å²) in [5, 5.41) is 15.6. The van der Waals surface area contributed by atoms with Crippen LogP contribution >= 0.6 is 0 Å². The molecule has 100 valence electrons. The summed E-state index contributed by atoms with van der Waals surface area (Å²) in [5.74, 6) is 0.875.